The van der Waals surface area contributed by atoms with E-state index in [2.05, 4.69) is 0 Å². The number of ether oxygens (including phenoxy) is 3. The van der Waals surface area contributed by atoms with E-state index in [0.29, 0.717) is 5.56 Å². The molecule has 0 spiro atoms. The van der Waals surface area contributed by atoms with Crippen LogP contribution < -0.4 is 0 Å². The minimum atomic E-state index is -1.74. The number of aliphatic hydroxyl groups excluding tert-OH is 8. The fourth-order valence-electron chi connectivity index (χ4n) is 3.52. The molecule has 10 atom stereocenters. The van der Waals surface area contributed by atoms with Gasteiger partial charge < -0.3 is 55.1 Å². The van der Waals surface area contributed by atoms with E-state index in [1.54, 1.807) is 0 Å². The van der Waals surface area contributed by atoms with Gasteiger partial charge in [-0.25, -0.2) is 4.79 Å². The average Bonchev–Trinajstić information content (AvgIpc) is 2.78. The van der Waals surface area contributed by atoms with Crippen molar-refractivity contribution in [3.05, 3.63) is 35.4 Å². The van der Waals surface area contributed by atoms with Gasteiger partial charge in [-0.3, -0.25) is 0 Å². The molecular formula is C19H26O12. The molecule has 2 aliphatic rings. The van der Waals surface area contributed by atoms with Crippen LogP contribution in [0.4, 0.5) is 0 Å². The van der Waals surface area contributed by atoms with Crippen LogP contribution in [0.15, 0.2) is 24.3 Å². The fourth-order valence-corrected chi connectivity index (χ4v) is 3.52. The van der Waals surface area contributed by atoms with Gasteiger partial charge in [0.1, 0.15) is 54.9 Å². The Labute approximate surface area is 176 Å². The van der Waals surface area contributed by atoms with E-state index >= 15 is 0 Å². The number of hydrogen-bond donors (Lipinski definition) is 8. The number of carbonyl (C=O) groups excluding carboxylic acids is 1. The molecule has 0 aromatic heterocycles. The molecule has 12 heteroatoms. The van der Waals surface area contributed by atoms with Crippen molar-refractivity contribution in [1.82, 2.24) is 0 Å². The van der Waals surface area contributed by atoms with Gasteiger partial charge in [-0.2, -0.15) is 0 Å². The lowest BCUT2D eigenvalue weighted by Gasteiger charge is -2.40. The molecule has 3 rings (SSSR count). The molecule has 12 nitrogen and oxygen atoms in total. The van der Waals surface area contributed by atoms with Crippen molar-refractivity contribution >= 4 is 5.97 Å². The summed E-state index contributed by atoms with van der Waals surface area (Å²) in [5.41, 5.74) is 0.353. The molecular weight excluding hydrogens is 420 g/mol. The summed E-state index contributed by atoms with van der Waals surface area (Å²) in [5, 5.41) is 77.9. The van der Waals surface area contributed by atoms with Gasteiger partial charge in [0, 0.05) is 0 Å². The molecule has 2 aliphatic heterocycles. The second-order valence-electron chi connectivity index (χ2n) is 7.47. The number of esters is 1. The van der Waals surface area contributed by atoms with Crippen molar-refractivity contribution in [3.63, 3.8) is 0 Å². The minimum absolute atomic E-state index is 0.00491. The summed E-state index contributed by atoms with van der Waals surface area (Å²) < 4.78 is 15.6. The van der Waals surface area contributed by atoms with Crippen molar-refractivity contribution in [2.24, 2.45) is 0 Å². The van der Waals surface area contributed by atoms with Crippen LogP contribution >= 0.6 is 0 Å². The van der Waals surface area contributed by atoms with Crippen molar-refractivity contribution in [2.75, 3.05) is 13.2 Å². The molecule has 0 radical (unpaired) electrons. The zero-order valence-corrected chi connectivity index (χ0v) is 16.2. The summed E-state index contributed by atoms with van der Waals surface area (Å²) in [6.45, 7) is -1.25. The maximum Gasteiger partial charge on any atom is 0.340 e. The van der Waals surface area contributed by atoms with E-state index in [-0.39, 0.29) is 5.56 Å². The summed E-state index contributed by atoms with van der Waals surface area (Å²) in [5.74, 6) is -0.940. The zero-order chi connectivity index (χ0) is 22.9. The van der Waals surface area contributed by atoms with Gasteiger partial charge in [0.05, 0.1) is 18.8 Å². The number of benzene rings is 1. The smallest absolute Gasteiger partial charge is 0.340 e. The van der Waals surface area contributed by atoms with Crippen LogP contribution in [0.1, 0.15) is 22.0 Å². The van der Waals surface area contributed by atoms with Crippen LogP contribution in [0.2, 0.25) is 0 Å². The number of aliphatic hydroxyl groups is 8. The fraction of sp³-hybridized carbons (Fsp3) is 0.632. The number of carbonyl (C=O) groups is 1. The van der Waals surface area contributed by atoms with E-state index in [1.807, 2.05) is 0 Å². The lowest BCUT2D eigenvalue weighted by atomic mass is 9.91. The average molecular weight is 446 g/mol. The Kier molecular flexibility index (Phi) is 7.59. The number of rotatable bonds is 5. The summed E-state index contributed by atoms with van der Waals surface area (Å²) in [7, 11) is 0. The van der Waals surface area contributed by atoms with Crippen LogP contribution in [-0.2, 0) is 14.2 Å². The first-order valence-corrected chi connectivity index (χ1v) is 9.61. The van der Waals surface area contributed by atoms with Gasteiger partial charge in [0.25, 0.3) is 0 Å². The summed E-state index contributed by atoms with van der Waals surface area (Å²) in [6.07, 6.45) is -14.6. The molecule has 31 heavy (non-hydrogen) atoms. The maximum atomic E-state index is 12.4. The largest absolute Gasteiger partial charge is 0.429 e. The van der Waals surface area contributed by atoms with Crippen LogP contribution in [0.5, 0.6) is 0 Å². The van der Waals surface area contributed by atoms with Crippen LogP contribution in [0, 0.1) is 0 Å². The highest BCUT2D eigenvalue weighted by molar-refractivity contribution is 5.89. The van der Waals surface area contributed by atoms with Crippen molar-refractivity contribution in [1.29, 1.82) is 0 Å². The Morgan fingerprint density at radius 2 is 1.26 bits per heavy atom. The Balaban J connectivity index is 1.69. The number of hydrogen-bond acceptors (Lipinski definition) is 12. The van der Waals surface area contributed by atoms with Gasteiger partial charge in [0.15, 0.2) is 0 Å². The van der Waals surface area contributed by atoms with Crippen molar-refractivity contribution in [3.8, 4) is 0 Å². The Bertz CT molecular complexity index is 738. The van der Waals surface area contributed by atoms with Gasteiger partial charge in [-0.1, -0.05) is 12.1 Å². The normalized spacial score (nSPS) is 41.0. The standard InChI is InChI=1S/C19H26O12/c20-5-9-11(22)13(24)15(26)17(29-9)7-1-3-8(4-2-7)18(28)31-19-16(27)14(25)12(23)10(6-21)30-19/h1-4,9-17,19-27H,5-6H2/t9-,10-,11-,12-,13+,14+,15-,16-,17?,19+/m1/s1. The molecule has 174 valence electrons. The summed E-state index contributed by atoms with van der Waals surface area (Å²) in [4.78, 5) is 12.4. The van der Waals surface area contributed by atoms with Crippen molar-refractivity contribution in [2.45, 2.75) is 61.2 Å². The first kappa shape index (κ1) is 23.9. The van der Waals surface area contributed by atoms with Gasteiger partial charge in [0.2, 0.25) is 6.29 Å². The Hall–Kier alpha value is -1.71. The first-order valence-electron chi connectivity index (χ1n) is 9.61. The van der Waals surface area contributed by atoms with Crippen molar-refractivity contribution < 1.29 is 59.9 Å². The lowest BCUT2D eigenvalue weighted by Crippen LogP contribution is -2.59. The SMILES string of the molecule is O=C(O[C@@H]1O[C@H](CO)[C@@H](O)[C@H](O)[C@H]1O)c1ccc(C2O[C@H](CO)[C@@H](O)[C@H](O)[C@H]2O)cc1. The molecule has 1 aromatic carbocycles. The Morgan fingerprint density at radius 3 is 1.81 bits per heavy atom. The van der Waals surface area contributed by atoms with Crippen LogP contribution in [0.3, 0.4) is 0 Å². The van der Waals surface area contributed by atoms with Gasteiger partial charge >= 0.3 is 5.97 Å². The topological polar surface area (TPSA) is 207 Å². The third-order valence-electron chi connectivity index (χ3n) is 5.44. The third-order valence-corrected chi connectivity index (χ3v) is 5.44. The molecule has 0 saturated carbocycles. The molecule has 0 amide bonds. The second kappa shape index (κ2) is 9.83. The summed E-state index contributed by atoms with van der Waals surface area (Å²) >= 11 is 0. The Morgan fingerprint density at radius 1 is 0.742 bits per heavy atom. The molecule has 1 unspecified atom stereocenters. The second-order valence-corrected chi connectivity index (χ2v) is 7.47. The highest BCUT2D eigenvalue weighted by Crippen LogP contribution is 2.32. The van der Waals surface area contributed by atoms with E-state index < -0.39 is 80.4 Å². The van der Waals surface area contributed by atoms with E-state index in [0.717, 1.165) is 0 Å². The quantitative estimate of drug-likeness (QED) is 0.205. The molecule has 2 heterocycles. The first-order chi connectivity index (χ1) is 14.7. The lowest BCUT2D eigenvalue weighted by molar-refractivity contribution is -0.285. The molecule has 0 aliphatic carbocycles. The molecule has 2 fully saturated rings. The highest BCUT2D eigenvalue weighted by atomic mass is 16.7. The monoisotopic (exact) mass is 446 g/mol. The highest BCUT2D eigenvalue weighted by Gasteiger charge is 2.46. The van der Waals surface area contributed by atoms with E-state index in [9.17, 15) is 45.6 Å². The van der Waals surface area contributed by atoms with Gasteiger partial charge in [-0.05, 0) is 17.7 Å². The minimum Gasteiger partial charge on any atom is -0.429 e. The van der Waals surface area contributed by atoms with Gasteiger partial charge in [-0.15, -0.1) is 0 Å². The predicted octanol–water partition coefficient (Wildman–Crippen LogP) is -3.84. The van der Waals surface area contributed by atoms with E-state index in [1.165, 1.54) is 24.3 Å². The predicted molar refractivity (Wildman–Crippen MR) is 98.3 cm³/mol. The molecule has 1 aromatic rings. The molecule has 8 N–H and O–H groups in total. The van der Waals surface area contributed by atoms with E-state index in [4.69, 9.17) is 14.2 Å². The van der Waals surface area contributed by atoms with Crippen LogP contribution in [-0.4, -0.2) is 115 Å². The maximum absolute atomic E-state index is 12.4. The van der Waals surface area contributed by atoms with Crippen LogP contribution in [0.25, 0.3) is 0 Å². The molecule has 2 saturated heterocycles. The molecule has 0 bridgehead atoms. The third kappa shape index (κ3) is 4.73. The zero-order valence-electron chi connectivity index (χ0n) is 16.2. The summed E-state index contributed by atoms with van der Waals surface area (Å²) in [6, 6.07) is 5.42.